The van der Waals surface area contributed by atoms with E-state index >= 15 is 0 Å². The Morgan fingerprint density at radius 3 is 2.87 bits per heavy atom. The Bertz CT molecular complexity index is 629. The number of hydrogen-bond acceptors (Lipinski definition) is 4. The maximum Gasteiger partial charge on any atom is 0.220 e. The van der Waals surface area contributed by atoms with Crippen LogP contribution in [0.15, 0.2) is 42.7 Å². The summed E-state index contributed by atoms with van der Waals surface area (Å²) in [5, 5.41) is 2.89. The summed E-state index contributed by atoms with van der Waals surface area (Å²) < 4.78 is 5.54. The molecule has 0 fully saturated rings. The molecule has 1 amide bonds. The minimum absolute atomic E-state index is 0.0127. The first-order valence-electron chi connectivity index (χ1n) is 7.86. The minimum Gasteiger partial charge on any atom is -0.491 e. The number of pyridine rings is 1. The zero-order chi connectivity index (χ0) is 16.5. The average molecular weight is 313 g/mol. The molecule has 2 rings (SSSR count). The van der Waals surface area contributed by atoms with Crippen LogP contribution in [0.2, 0.25) is 0 Å². The second-order valence-electron chi connectivity index (χ2n) is 5.36. The van der Waals surface area contributed by atoms with Gasteiger partial charge in [-0.05, 0) is 42.2 Å². The van der Waals surface area contributed by atoms with Crippen LogP contribution in [0.5, 0.6) is 5.75 Å². The summed E-state index contributed by atoms with van der Waals surface area (Å²) in [6, 6.07) is 9.48. The van der Waals surface area contributed by atoms with Crippen LogP contribution in [-0.4, -0.2) is 17.5 Å². The molecule has 5 nitrogen and oxygen atoms in total. The largest absolute Gasteiger partial charge is 0.491 e. The number of nitrogens with one attached hydrogen (secondary N) is 1. The molecule has 0 radical (unpaired) electrons. The molecular weight excluding hydrogens is 290 g/mol. The highest BCUT2D eigenvalue weighted by molar-refractivity contribution is 5.76. The average Bonchev–Trinajstić information content (AvgIpc) is 2.58. The standard InChI is InChI=1S/C18H23N3O2/c1-2-10-23-17-7-5-14(11-16(17)19)6-8-18(22)21-13-15-4-3-9-20-12-15/h3-5,7,9,11-12H,2,6,8,10,13,19H2,1H3,(H,21,22). The summed E-state index contributed by atoms with van der Waals surface area (Å²) in [6.45, 7) is 3.20. The molecule has 0 aliphatic heterocycles. The number of anilines is 1. The van der Waals surface area contributed by atoms with Gasteiger partial charge in [0, 0.05) is 25.4 Å². The first kappa shape index (κ1) is 16.8. The van der Waals surface area contributed by atoms with Gasteiger partial charge in [-0.15, -0.1) is 0 Å². The number of nitrogen functional groups attached to an aromatic ring is 1. The molecule has 3 N–H and O–H groups in total. The third-order valence-electron chi connectivity index (χ3n) is 3.39. The van der Waals surface area contributed by atoms with Gasteiger partial charge in [0.25, 0.3) is 0 Å². The number of benzene rings is 1. The number of carbonyl (C=O) groups is 1. The van der Waals surface area contributed by atoms with E-state index in [9.17, 15) is 4.79 Å². The van der Waals surface area contributed by atoms with Gasteiger partial charge >= 0.3 is 0 Å². The van der Waals surface area contributed by atoms with Crippen LogP contribution in [0.3, 0.4) is 0 Å². The molecule has 0 atom stereocenters. The van der Waals surface area contributed by atoms with Crippen LogP contribution in [-0.2, 0) is 17.8 Å². The molecule has 0 spiro atoms. The van der Waals surface area contributed by atoms with E-state index in [1.807, 2.05) is 30.3 Å². The number of carbonyl (C=O) groups excluding carboxylic acids is 1. The number of aromatic nitrogens is 1. The van der Waals surface area contributed by atoms with E-state index < -0.39 is 0 Å². The van der Waals surface area contributed by atoms with E-state index in [-0.39, 0.29) is 5.91 Å². The maximum absolute atomic E-state index is 11.9. The van der Waals surface area contributed by atoms with Crippen LogP contribution in [0, 0.1) is 0 Å². The number of hydrogen-bond donors (Lipinski definition) is 2. The highest BCUT2D eigenvalue weighted by atomic mass is 16.5. The molecule has 1 heterocycles. The van der Waals surface area contributed by atoms with E-state index in [0.717, 1.165) is 17.5 Å². The Kier molecular flexibility index (Phi) is 6.41. The molecule has 122 valence electrons. The Morgan fingerprint density at radius 1 is 1.30 bits per heavy atom. The molecule has 0 saturated heterocycles. The molecule has 1 aromatic carbocycles. The molecule has 0 bridgehead atoms. The van der Waals surface area contributed by atoms with E-state index in [2.05, 4.69) is 17.2 Å². The summed E-state index contributed by atoms with van der Waals surface area (Å²) in [5.41, 5.74) is 8.61. The highest BCUT2D eigenvalue weighted by Crippen LogP contribution is 2.23. The van der Waals surface area contributed by atoms with Crippen LogP contribution >= 0.6 is 0 Å². The second kappa shape index (κ2) is 8.78. The first-order chi connectivity index (χ1) is 11.2. The van der Waals surface area contributed by atoms with Crippen molar-refractivity contribution in [1.82, 2.24) is 10.3 Å². The van der Waals surface area contributed by atoms with Gasteiger partial charge in [-0.3, -0.25) is 9.78 Å². The smallest absolute Gasteiger partial charge is 0.220 e. The van der Waals surface area contributed by atoms with Gasteiger partial charge in [-0.2, -0.15) is 0 Å². The molecular formula is C18H23N3O2. The predicted octanol–water partition coefficient (Wildman–Crippen LogP) is 2.70. The van der Waals surface area contributed by atoms with E-state index in [4.69, 9.17) is 10.5 Å². The number of nitrogens with two attached hydrogens (primary N) is 1. The Balaban J connectivity index is 1.78. The maximum atomic E-state index is 11.9. The number of ether oxygens (including phenoxy) is 1. The van der Waals surface area contributed by atoms with Crippen molar-refractivity contribution in [2.45, 2.75) is 32.7 Å². The lowest BCUT2D eigenvalue weighted by atomic mass is 10.1. The zero-order valence-corrected chi connectivity index (χ0v) is 13.4. The van der Waals surface area contributed by atoms with Crippen molar-refractivity contribution in [3.8, 4) is 5.75 Å². The summed E-state index contributed by atoms with van der Waals surface area (Å²) in [4.78, 5) is 15.9. The van der Waals surface area contributed by atoms with Gasteiger partial charge in [0.05, 0.1) is 12.3 Å². The van der Waals surface area contributed by atoms with Crippen molar-refractivity contribution in [2.75, 3.05) is 12.3 Å². The van der Waals surface area contributed by atoms with Crippen molar-refractivity contribution in [3.05, 3.63) is 53.9 Å². The lowest BCUT2D eigenvalue weighted by Crippen LogP contribution is -2.23. The van der Waals surface area contributed by atoms with Crippen molar-refractivity contribution >= 4 is 11.6 Å². The lowest BCUT2D eigenvalue weighted by molar-refractivity contribution is -0.121. The predicted molar refractivity (Wildman–Crippen MR) is 91.0 cm³/mol. The molecule has 1 aromatic heterocycles. The quantitative estimate of drug-likeness (QED) is 0.735. The van der Waals surface area contributed by atoms with Crippen LogP contribution < -0.4 is 15.8 Å². The molecule has 0 saturated carbocycles. The van der Waals surface area contributed by atoms with Gasteiger partial charge in [-0.1, -0.05) is 19.1 Å². The third-order valence-corrected chi connectivity index (χ3v) is 3.39. The van der Waals surface area contributed by atoms with Crippen molar-refractivity contribution in [3.63, 3.8) is 0 Å². The number of aryl methyl sites for hydroxylation is 1. The number of nitrogens with zero attached hydrogens (tertiary/aromatic N) is 1. The van der Waals surface area contributed by atoms with Crippen LogP contribution in [0.25, 0.3) is 0 Å². The lowest BCUT2D eigenvalue weighted by Gasteiger charge is -2.10. The van der Waals surface area contributed by atoms with Gasteiger partial charge in [0.15, 0.2) is 0 Å². The summed E-state index contributed by atoms with van der Waals surface area (Å²) in [5.74, 6) is 0.718. The van der Waals surface area contributed by atoms with Crippen LogP contribution in [0.4, 0.5) is 5.69 Å². The van der Waals surface area contributed by atoms with E-state index in [1.165, 1.54) is 0 Å². The number of rotatable bonds is 8. The molecule has 0 aliphatic rings. The SMILES string of the molecule is CCCOc1ccc(CCC(=O)NCc2cccnc2)cc1N. The molecule has 0 aliphatic carbocycles. The fourth-order valence-corrected chi connectivity index (χ4v) is 2.15. The van der Waals surface area contributed by atoms with E-state index in [1.54, 1.807) is 12.4 Å². The normalized spacial score (nSPS) is 10.3. The topological polar surface area (TPSA) is 77.2 Å². The molecule has 23 heavy (non-hydrogen) atoms. The second-order valence-corrected chi connectivity index (χ2v) is 5.36. The Hall–Kier alpha value is -2.56. The Labute approximate surface area is 136 Å². The first-order valence-corrected chi connectivity index (χ1v) is 7.86. The number of amides is 1. The van der Waals surface area contributed by atoms with Gasteiger partial charge < -0.3 is 15.8 Å². The van der Waals surface area contributed by atoms with Gasteiger partial charge in [-0.25, -0.2) is 0 Å². The van der Waals surface area contributed by atoms with Crippen LogP contribution in [0.1, 0.15) is 30.9 Å². The minimum atomic E-state index is 0.0127. The molecule has 2 aromatic rings. The van der Waals surface area contributed by atoms with Crippen molar-refractivity contribution in [2.24, 2.45) is 0 Å². The zero-order valence-electron chi connectivity index (χ0n) is 13.4. The van der Waals surface area contributed by atoms with Crippen molar-refractivity contribution < 1.29 is 9.53 Å². The molecule has 0 unspecified atom stereocenters. The summed E-state index contributed by atoms with van der Waals surface area (Å²) >= 11 is 0. The van der Waals surface area contributed by atoms with E-state index in [0.29, 0.717) is 37.4 Å². The fourth-order valence-electron chi connectivity index (χ4n) is 2.15. The monoisotopic (exact) mass is 313 g/mol. The van der Waals surface area contributed by atoms with Gasteiger partial charge in [0.1, 0.15) is 5.75 Å². The summed E-state index contributed by atoms with van der Waals surface area (Å²) in [6.07, 6.45) is 5.48. The highest BCUT2D eigenvalue weighted by Gasteiger charge is 2.05. The van der Waals surface area contributed by atoms with Gasteiger partial charge in [0.2, 0.25) is 5.91 Å². The molecule has 5 heteroatoms. The Morgan fingerprint density at radius 2 is 2.17 bits per heavy atom. The fraction of sp³-hybridized carbons (Fsp3) is 0.333. The van der Waals surface area contributed by atoms with Crippen molar-refractivity contribution in [1.29, 1.82) is 0 Å². The third kappa shape index (κ3) is 5.62. The summed E-state index contributed by atoms with van der Waals surface area (Å²) in [7, 11) is 0.